The summed E-state index contributed by atoms with van der Waals surface area (Å²) in [5.41, 5.74) is 0. The van der Waals surface area contributed by atoms with Gasteiger partial charge in [-0.1, -0.05) is 6.92 Å². The maximum atomic E-state index is 4.53. The fourth-order valence-electron chi connectivity index (χ4n) is 1.91. The number of rotatable bonds is 6. The minimum Gasteiger partial charge on any atom is -0.357 e. The van der Waals surface area contributed by atoms with Gasteiger partial charge in [-0.25, -0.2) is 4.68 Å². The zero-order chi connectivity index (χ0) is 14.5. The summed E-state index contributed by atoms with van der Waals surface area (Å²) in [6.45, 7) is 7.31. The predicted octanol–water partition coefficient (Wildman–Crippen LogP) is 1.72. The average Bonchev–Trinajstić information content (AvgIpc) is 2.98. The Labute approximate surface area is 119 Å². The van der Waals surface area contributed by atoms with Gasteiger partial charge in [-0.05, 0) is 26.3 Å². The van der Waals surface area contributed by atoms with E-state index in [2.05, 4.69) is 51.0 Å². The molecule has 1 N–H and O–H groups in total. The fourth-order valence-corrected chi connectivity index (χ4v) is 1.91. The van der Waals surface area contributed by atoms with Gasteiger partial charge in [-0.15, -0.1) is 0 Å². The Balaban J connectivity index is 2.44. The van der Waals surface area contributed by atoms with Crippen LogP contribution in [-0.4, -0.2) is 44.4 Å². The van der Waals surface area contributed by atoms with Crippen LogP contribution >= 0.6 is 0 Å². The molecular formula is C13H21N7. The maximum absolute atomic E-state index is 4.53. The zero-order valence-electron chi connectivity index (χ0n) is 12.4. The first kappa shape index (κ1) is 14.2. The molecule has 0 aliphatic rings. The van der Waals surface area contributed by atoms with Crippen molar-refractivity contribution in [3.05, 3.63) is 18.5 Å². The molecule has 20 heavy (non-hydrogen) atoms. The van der Waals surface area contributed by atoms with Gasteiger partial charge in [0.1, 0.15) is 0 Å². The molecule has 0 aliphatic heterocycles. The topological polar surface area (TPSA) is 71.8 Å². The fraction of sp³-hybridized carbons (Fsp3) is 0.538. The molecular weight excluding hydrogens is 254 g/mol. The Morgan fingerprint density at radius 2 is 2.10 bits per heavy atom. The van der Waals surface area contributed by atoms with Crippen LogP contribution in [0, 0.1) is 0 Å². The highest BCUT2D eigenvalue weighted by Crippen LogP contribution is 2.15. The molecule has 0 saturated heterocycles. The van der Waals surface area contributed by atoms with E-state index >= 15 is 0 Å². The van der Waals surface area contributed by atoms with Crippen LogP contribution in [0.25, 0.3) is 5.95 Å². The van der Waals surface area contributed by atoms with Crippen molar-refractivity contribution in [2.75, 3.05) is 23.8 Å². The van der Waals surface area contributed by atoms with Crippen molar-refractivity contribution in [3.8, 4) is 5.95 Å². The first-order valence-corrected chi connectivity index (χ1v) is 6.86. The molecule has 0 aliphatic carbocycles. The van der Waals surface area contributed by atoms with Crippen molar-refractivity contribution < 1.29 is 0 Å². The van der Waals surface area contributed by atoms with Crippen LogP contribution in [0.3, 0.4) is 0 Å². The van der Waals surface area contributed by atoms with Crippen molar-refractivity contribution in [1.29, 1.82) is 0 Å². The van der Waals surface area contributed by atoms with Crippen LogP contribution in [0.15, 0.2) is 18.5 Å². The average molecular weight is 275 g/mol. The molecule has 2 aromatic heterocycles. The molecule has 0 amide bonds. The standard InChI is InChI=1S/C13H21N7/c1-5-8-19(10(2)3)12-16-11(14-4)17-13(18-12)20-9-6-7-15-20/h6-7,9-10H,5,8H2,1-4H3,(H,14,16,17,18). The number of anilines is 2. The smallest absolute Gasteiger partial charge is 0.257 e. The molecule has 0 radical (unpaired) electrons. The van der Waals surface area contributed by atoms with Gasteiger partial charge >= 0.3 is 0 Å². The molecule has 0 fully saturated rings. The number of aromatic nitrogens is 5. The molecule has 2 rings (SSSR count). The third-order valence-electron chi connectivity index (χ3n) is 2.89. The molecule has 0 unspecified atom stereocenters. The number of nitrogens with zero attached hydrogens (tertiary/aromatic N) is 6. The van der Waals surface area contributed by atoms with Crippen LogP contribution in [0.2, 0.25) is 0 Å². The van der Waals surface area contributed by atoms with Gasteiger partial charge in [-0.3, -0.25) is 0 Å². The van der Waals surface area contributed by atoms with Crippen LogP contribution < -0.4 is 10.2 Å². The Hall–Kier alpha value is -2.18. The van der Waals surface area contributed by atoms with E-state index in [1.54, 1.807) is 17.9 Å². The molecule has 7 nitrogen and oxygen atoms in total. The highest BCUT2D eigenvalue weighted by Gasteiger charge is 2.16. The van der Waals surface area contributed by atoms with E-state index in [1.165, 1.54) is 0 Å². The van der Waals surface area contributed by atoms with Gasteiger partial charge in [0.15, 0.2) is 0 Å². The van der Waals surface area contributed by atoms with Gasteiger partial charge in [0.05, 0.1) is 0 Å². The van der Waals surface area contributed by atoms with E-state index < -0.39 is 0 Å². The van der Waals surface area contributed by atoms with Crippen molar-refractivity contribution in [1.82, 2.24) is 24.7 Å². The molecule has 0 saturated carbocycles. The molecule has 0 aromatic carbocycles. The largest absolute Gasteiger partial charge is 0.357 e. The maximum Gasteiger partial charge on any atom is 0.257 e. The number of hydrogen-bond acceptors (Lipinski definition) is 6. The van der Waals surface area contributed by atoms with Crippen LogP contribution in [0.5, 0.6) is 0 Å². The van der Waals surface area contributed by atoms with Crippen LogP contribution in [0.1, 0.15) is 27.2 Å². The third kappa shape index (κ3) is 3.04. The van der Waals surface area contributed by atoms with Crippen molar-refractivity contribution >= 4 is 11.9 Å². The molecule has 0 spiro atoms. The van der Waals surface area contributed by atoms with Gasteiger partial charge in [0.25, 0.3) is 5.95 Å². The van der Waals surface area contributed by atoms with E-state index in [0.717, 1.165) is 13.0 Å². The second-order valence-electron chi connectivity index (χ2n) is 4.75. The van der Waals surface area contributed by atoms with E-state index in [0.29, 0.717) is 23.9 Å². The summed E-state index contributed by atoms with van der Waals surface area (Å²) in [7, 11) is 1.80. The summed E-state index contributed by atoms with van der Waals surface area (Å²) in [5.74, 6) is 1.74. The van der Waals surface area contributed by atoms with Gasteiger partial charge in [0.2, 0.25) is 11.9 Å². The Morgan fingerprint density at radius 3 is 2.65 bits per heavy atom. The highest BCUT2D eigenvalue weighted by atomic mass is 15.4. The zero-order valence-corrected chi connectivity index (χ0v) is 12.4. The quantitative estimate of drug-likeness (QED) is 0.865. The van der Waals surface area contributed by atoms with Crippen LogP contribution in [0.4, 0.5) is 11.9 Å². The van der Waals surface area contributed by atoms with Crippen molar-refractivity contribution in [2.45, 2.75) is 33.2 Å². The lowest BCUT2D eigenvalue weighted by Gasteiger charge is -2.26. The van der Waals surface area contributed by atoms with Gasteiger partial charge in [-0.2, -0.15) is 20.1 Å². The molecule has 2 heterocycles. The van der Waals surface area contributed by atoms with E-state index in [1.807, 2.05) is 12.3 Å². The molecule has 0 atom stereocenters. The first-order valence-electron chi connectivity index (χ1n) is 6.86. The SMILES string of the molecule is CCCN(c1nc(NC)nc(-n2cccn2)n1)C(C)C. The van der Waals surface area contributed by atoms with Crippen molar-refractivity contribution in [3.63, 3.8) is 0 Å². The minimum absolute atomic E-state index is 0.326. The Kier molecular flexibility index (Phi) is 4.49. The van der Waals surface area contributed by atoms with Crippen LogP contribution in [-0.2, 0) is 0 Å². The molecule has 0 bridgehead atoms. The first-order chi connectivity index (χ1) is 9.65. The lowest BCUT2D eigenvalue weighted by molar-refractivity contribution is 0.645. The number of nitrogens with one attached hydrogen (secondary N) is 1. The van der Waals surface area contributed by atoms with E-state index in [4.69, 9.17) is 0 Å². The normalized spacial score (nSPS) is 10.8. The summed E-state index contributed by atoms with van der Waals surface area (Å²) >= 11 is 0. The number of hydrogen-bond donors (Lipinski definition) is 1. The summed E-state index contributed by atoms with van der Waals surface area (Å²) < 4.78 is 1.64. The lowest BCUT2D eigenvalue weighted by Crippen LogP contribution is -2.33. The second kappa shape index (κ2) is 6.31. The van der Waals surface area contributed by atoms with E-state index in [9.17, 15) is 0 Å². The van der Waals surface area contributed by atoms with Crippen molar-refractivity contribution in [2.24, 2.45) is 0 Å². The Bertz CT molecular complexity index is 536. The molecule has 108 valence electrons. The predicted molar refractivity (Wildman–Crippen MR) is 79.3 cm³/mol. The lowest BCUT2D eigenvalue weighted by atomic mass is 10.3. The Morgan fingerprint density at radius 1 is 1.30 bits per heavy atom. The van der Waals surface area contributed by atoms with Gasteiger partial charge < -0.3 is 10.2 Å². The summed E-state index contributed by atoms with van der Waals surface area (Å²) in [5, 5.41) is 7.15. The monoisotopic (exact) mass is 275 g/mol. The summed E-state index contributed by atoms with van der Waals surface area (Å²) in [4.78, 5) is 15.5. The van der Waals surface area contributed by atoms with E-state index in [-0.39, 0.29) is 0 Å². The molecule has 2 aromatic rings. The minimum atomic E-state index is 0.326. The highest BCUT2D eigenvalue weighted by molar-refractivity contribution is 5.40. The molecule has 7 heteroatoms. The second-order valence-corrected chi connectivity index (χ2v) is 4.75. The summed E-state index contributed by atoms with van der Waals surface area (Å²) in [6.07, 6.45) is 4.56. The van der Waals surface area contributed by atoms with Gasteiger partial charge in [0, 0.05) is 32.0 Å². The summed E-state index contributed by atoms with van der Waals surface area (Å²) in [6, 6.07) is 2.17. The third-order valence-corrected chi connectivity index (χ3v) is 2.89.